The molecule has 0 heterocycles. The van der Waals surface area contributed by atoms with E-state index in [2.05, 4.69) is 122 Å². The number of phenolic OH excluding ortho intramolecular Hbond substituents is 1. The van der Waals surface area contributed by atoms with Gasteiger partial charge in [0.2, 0.25) is 0 Å². The highest BCUT2D eigenvalue weighted by Gasteiger charge is 2.37. The van der Waals surface area contributed by atoms with Gasteiger partial charge in [-0.05, 0) is 41.1 Å². The molecule has 31 heavy (non-hydrogen) atoms. The van der Waals surface area contributed by atoms with E-state index in [1.54, 1.807) is 0 Å². The van der Waals surface area contributed by atoms with E-state index in [9.17, 15) is 5.11 Å². The Kier molecular flexibility index (Phi) is 6.68. The molecule has 1 N–H and O–H groups in total. The topological polar surface area (TPSA) is 20.2 Å². The summed E-state index contributed by atoms with van der Waals surface area (Å²) in [5.74, 6) is 0.472. The number of hydrogen-bond donors (Lipinski definition) is 1. The number of rotatable bonds is 4. The summed E-state index contributed by atoms with van der Waals surface area (Å²) in [6.45, 7) is 17.7. The number of benzene rings is 3. The lowest BCUT2D eigenvalue weighted by atomic mass is 9.86. The van der Waals surface area contributed by atoms with Gasteiger partial charge in [0, 0.05) is 11.0 Å². The van der Waals surface area contributed by atoms with E-state index < -0.39 is 7.92 Å². The van der Waals surface area contributed by atoms with Crippen LogP contribution in [0.15, 0.2) is 66.7 Å². The van der Waals surface area contributed by atoms with Crippen molar-refractivity contribution in [1.29, 1.82) is 0 Å². The second-order valence-electron chi connectivity index (χ2n) is 10.7. The number of phenols is 1. The molecule has 0 radical (unpaired) electrons. The smallest absolute Gasteiger partial charge is 0.127 e. The van der Waals surface area contributed by atoms with Crippen molar-refractivity contribution in [1.82, 2.24) is 0 Å². The maximum atomic E-state index is 11.5. The largest absolute Gasteiger partial charge is 0.507 e. The molecule has 3 rings (SSSR count). The van der Waals surface area contributed by atoms with Crippen molar-refractivity contribution in [3.8, 4) is 5.75 Å². The van der Waals surface area contributed by atoms with Crippen LogP contribution >= 0.6 is 7.92 Å². The Hall–Kier alpha value is -2.11. The molecule has 0 aliphatic rings. The summed E-state index contributed by atoms with van der Waals surface area (Å²) >= 11 is 0. The first-order chi connectivity index (χ1) is 14.4. The highest BCUT2D eigenvalue weighted by molar-refractivity contribution is 7.67. The van der Waals surface area contributed by atoms with Gasteiger partial charge in [0.05, 0.1) is 0 Å². The molecule has 0 fully saturated rings. The van der Waals surface area contributed by atoms with Gasteiger partial charge in [-0.1, -0.05) is 127 Å². The number of aryl methyl sites for hydroxylation is 2. The van der Waals surface area contributed by atoms with E-state index in [1.165, 1.54) is 22.3 Å². The lowest BCUT2D eigenvalue weighted by Gasteiger charge is -2.40. The summed E-state index contributed by atoms with van der Waals surface area (Å²) in [6.07, 6.45) is 0. The van der Waals surface area contributed by atoms with E-state index in [-0.39, 0.29) is 16.2 Å². The molecule has 0 bridgehead atoms. The first kappa shape index (κ1) is 23.6. The predicted molar refractivity (Wildman–Crippen MR) is 137 cm³/mol. The van der Waals surface area contributed by atoms with Crippen molar-refractivity contribution in [2.75, 3.05) is 0 Å². The van der Waals surface area contributed by atoms with Crippen molar-refractivity contribution < 1.29 is 5.11 Å². The van der Waals surface area contributed by atoms with Crippen LogP contribution in [-0.4, -0.2) is 10.3 Å². The fraction of sp³-hybridized carbons (Fsp3) is 0.379. The monoisotopic (exact) mass is 432 g/mol. The van der Waals surface area contributed by atoms with Crippen LogP contribution in [0.2, 0.25) is 0 Å². The number of hydrogen-bond acceptors (Lipinski definition) is 1. The van der Waals surface area contributed by atoms with E-state index in [0.29, 0.717) is 5.75 Å². The van der Waals surface area contributed by atoms with Gasteiger partial charge in [0.1, 0.15) is 5.75 Å². The second kappa shape index (κ2) is 8.79. The molecule has 0 amide bonds. The summed E-state index contributed by atoms with van der Waals surface area (Å²) in [4.78, 5) is 0. The molecule has 1 unspecified atom stereocenters. The van der Waals surface area contributed by atoms with Gasteiger partial charge in [-0.25, -0.2) is 0 Å². The molecule has 0 aliphatic carbocycles. The lowest BCUT2D eigenvalue weighted by molar-refractivity contribution is 0.450. The van der Waals surface area contributed by atoms with Crippen molar-refractivity contribution in [2.24, 2.45) is 0 Å². The molecule has 3 aromatic rings. The molecule has 1 nitrogen and oxygen atoms in total. The molecule has 2 heteroatoms. The third-order valence-corrected chi connectivity index (χ3v) is 9.29. The number of aromatic hydroxyl groups is 1. The molecule has 0 spiro atoms. The van der Waals surface area contributed by atoms with Crippen LogP contribution in [0.1, 0.15) is 75.0 Å². The molecule has 3 aromatic carbocycles. The van der Waals surface area contributed by atoms with Crippen LogP contribution < -0.4 is 5.30 Å². The second-order valence-corrected chi connectivity index (χ2v) is 13.8. The van der Waals surface area contributed by atoms with Crippen molar-refractivity contribution in [3.05, 3.63) is 94.5 Å². The summed E-state index contributed by atoms with van der Waals surface area (Å²) in [5.41, 5.74) is 6.29. The number of para-hydroxylation sites is 1. The van der Waals surface area contributed by atoms with E-state index in [1.807, 2.05) is 0 Å². The predicted octanol–water partition coefficient (Wildman–Crippen LogP) is 8.00. The molecule has 0 aromatic heterocycles. The fourth-order valence-corrected chi connectivity index (χ4v) is 7.52. The summed E-state index contributed by atoms with van der Waals surface area (Å²) in [5, 5.41) is 12.6. The average Bonchev–Trinajstić information content (AvgIpc) is 2.67. The Balaban J connectivity index is 2.29. The van der Waals surface area contributed by atoms with Gasteiger partial charge in [0.25, 0.3) is 0 Å². The van der Waals surface area contributed by atoms with Crippen molar-refractivity contribution in [3.63, 3.8) is 0 Å². The molecule has 0 aliphatic heterocycles. The van der Waals surface area contributed by atoms with E-state index in [0.717, 1.165) is 10.9 Å². The fourth-order valence-electron chi connectivity index (χ4n) is 4.21. The Morgan fingerprint density at radius 1 is 0.677 bits per heavy atom. The summed E-state index contributed by atoms with van der Waals surface area (Å²) in [6, 6.07) is 24.2. The van der Waals surface area contributed by atoms with Gasteiger partial charge in [0.15, 0.2) is 0 Å². The highest BCUT2D eigenvalue weighted by atomic mass is 31.1. The van der Waals surface area contributed by atoms with Gasteiger partial charge in [-0.15, -0.1) is 0 Å². The van der Waals surface area contributed by atoms with Crippen LogP contribution in [0.3, 0.4) is 0 Å². The Morgan fingerprint density at radius 3 is 1.52 bits per heavy atom. The Morgan fingerprint density at radius 2 is 1.13 bits per heavy atom. The minimum atomic E-state index is -0.766. The molecular weight excluding hydrogens is 395 g/mol. The zero-order chi connectivity index (χ0) is 23.0. The van der Waals surface area contributed by atoms with Crippen LogP contribution in [-0.2, 0) is 5.41 Å². The molecule has 0 saturated heterocycles. The molecule has 1 atom stereocenters. The van der Waals surface area contributed by atoms with Crippen molar-refractivity contribution in [2.45, 2.75) is 71.6 Å². The summed E-state index contributed by atoms with van der Waals surface area (Å²) < 4.78 is 0. The normalized spacial score (nSPS) is 13.5. The SMILES string of the molecule is Cc1ccc(C(c2ccc(C)cc2)P(c2cccc(C(C)(C)C)c2O)C(C)(C)C)cc1. The van der Waals surface area contributed by atoms with Gasteiger partial charge in [-0.3, -0.25) is 0 Å². The maximum absolute atomic E-state index is 11.5. The van der Waals surface area contributed by atoms with Crippen LogP contribution in [0.5, 0.6) is 5.75 Å². The van der Waals surface area contributed by atoms with Crippen LogP contribution in [0.25, 0.3) is 0 Å². The van der Waals surface area contributed by atoms with Gasteiger partial charge >= 0.3 is 0 Å². The maximum Gasteiger partial charge on any atom is 0.127 e. The van der Waals surface area contributed by atoms with E-state index >= 15 is 0 Å². The standard InChI is InChI=1S/C29H37OP/c1-20-12-16-22(17-13-20)27(23-18-14-21(2)15-19-23)31(29(6,7)8)25-11-9-10-24(26(25)30)28(3,4)5/h9-19,27,30H,1-8H3. The zero-order valence-electron chi connectivity index (χ0n) is 20.3. The Bertz CT molecular complexity index is 973. The minimum absolute atomic E-state index is 0.00373. The van der Waals surface area contributed by atoms with Gasteiger partial charge < -0.3 is 5.11 Å². The third-order valence-electron chi connectivity index (χ3n) is 5.85. The quantitative estimate of drug-likeness (QED) is 0.414. The minimum Gasteiger partial charge on any atom is -0.507 e. The van der Waals surface area contributed by atoms with Crippen molar-refractivity contribution >= 4 is 13.2 Å². The Labute approximate surface area is 190 Å². The van der Waals surface area contributed by atoms with Crippen LogP contribution in [0, 0.1) is 13.8 Å². The lowest BCUT2D eigenvalue weighted by Crippen LogP contribution is -2.26. The summed E-state index contributed by atoms with van der Waals surface area (Å²) in [7, 11) is -0.766. The van der Waals surface area contributed by atoms with E-state index in [4.69, 9.17) is 0 Å². The van der Waals surface area contributed by atoms with Gasteiger partial charge in [-0.2, -0.15) is 0 Å². The third kappa shape index (κ3) is 5.21. The highest BCUT2D eigenvalue weighted by Crippen LogP contribution is 2.63. The first-order valence-corrected chi connectivity index (χ1v) is 12.6. The first-order valence-electron chi connectivity index (χ1n) is 11.1. The van der Waals surface area contributed by atoms with Crippen LogP contribution in [0.4, 0.5) is 0 Å². The zero-order valence-corrected chi connectivity index (χ0v) is 21.2. The average molecular weight is 433 g/mol. The molecular formula is C29H37OP. The molecule has 164 valence electrons. The molecule has 0 saturated carbocycles.